The van der Waals surface area contributed by atoms with Gasteiger partial charge in [-0.05, 0) is 44.0 Å². The summed E-state index contributed by atoms with van der Waals surface area (Å²) in [5.74, 6) is -0.0820. The van der Waals surface area contributed by atoms with Crippen molar-refractivity contribution in [2.45, 2.75) is 27.3 Å². The van der Waals surface area contributed by atoms with E-state index in [0.717, 1.165) is 49.2 Å². The number of amides is 1. The number of nitrogens with one attached hydrogen (secondary N) is 1. The molecule has 1 amide bonds. The van der Waals surface area contributed by atoms with Gasteiger partial charge in [0, 0.05) is 18.8 Å². The van der Waals surface area contributed by atoms with Crippen LogP contribution >= 0.6 is 11.3 Å². The molecule has 1 aromatic heterocycles. The molecule has 128 valence electrons. The molecule has 0 atom stereocenters. The number of nitrogens with zero attached hydrogens (tertiary/aromatic N) is 2. The highest BCUT2D eigenvalue weighted by atomic mass is 32.1. The summed E-state index contributed by atoms with van der Waals surface area (Å²) in [6.07, 6.45) is 0. The number of hydrogen-bond acceptors (Lipinski definition) is 5. The van der Waals surface area contributed by atoms with Crippen molar-refractivity contribution in [1.82, 2.24) is 9.88 Å². The van der Waals surface area contributed by atoms with Crippen LogP contribution in [0.5, 0.6) is 0 Å². The maximum Gasteiger partial charge on any atom is 0.267 e. The number of morpholine rings is 1. The molecule has 1 fully saturated rings. The lowest BCUT2D eigenvalue weighted by Gasteiger charge is -2.25. The van der Waals surface area contributed by atoms with Crippen LogP contribution in [0, 0.1) is 20.8 Å². The van der Waals surface area contributed by atoms with E-state index in [1.54, 1.807) is 0 Å². The van der Waals surface area contributed by atoms with Crippen LogP contribution in [-0.4, -0.2) is 42.1 Å². The fourth-order valence-corrected chi connectivity index (χ4v) is 3.69. The molecule has 2 heterocycles. The summed E-state index contributed by atoms with van der Waals surface area (Å²) in [5.41, 5.74) is 4.01. The van der Waals surface area contributed by atoms with E-state index >= 15 is 0 Å². The average Bonchev–Trinajstić information content (AvgIpc) is 2.92. The largest absolute Gasteiger partial charge is 0.379 e. The first-order valence-electron chi connectivity index (χ1n) is 8.18. The number of carbonyl (C=O) groups is 1. The number of aryl methyl sites for hydroxylation is 3. The van der Waals surface area contributed by atoms with Crippen molar-refractivity contribution in [3.63, 3.8) is 0 Å². The summed E-state index contributed by atoms with van der Waals surface area (Å²) in [6, 6.07) is 5.96. The molecule has 1 saturated heterocycles. The molecule has 1 aliphatic heterocycles. The van der Waals surface area contributed by atoms with Crippen LogP contribution in [0.15, 0.2) is 18.2 Å². The number of ether oxygens (including phenoxy) is 1. The van der Waals surface area contributed by atoms with Gasteiger partial charge in [0.05, 0.1) is 25.5 Å². The van der Waals surface area contributed by atoms with E-state index in [0.29, 0.717) is 4.88 Å². The lowest BCUT2D eigenvalue weighted by Crippen LogP contribution is -2.35. The van der Waals surface area contributed by atoms with Gasteiger partial charge in [0.25, 0.3) is 5.91 Å². The molecule has 3 rings (SSSR count). The fraction of sp³-hybridized carbons (Fsp3) is 0.444. The van der Waals surface area contributed by atoms with Gasteiger partial charge in [-0.3, -0.25) is 9.69 Å². The molecule has 1 N–H and O–H groups in total. The van der Waals surface area contributed by atoms with E-state index < -0.39 is 0 Å². The van der Waals surface area contributed by atoms with E-state index in [9.17, 15) is 4.79 Å². The Labute approximate surface area is 146 Å². The third-order valence-electron chi connectivity index (χ3n) is 4.27. The van der Waals surface area contributed by atoms with Crippen LogP contribution in [0.25, 0.3) is 0 Å². The summed E-state index contributed by atoms with van der Waals surface area (Å²) in [5, 5.41) is 3.97. The van der Waals surface area contributed by atoms with Gasteiger partial charge in [0.1, 0.15) is 9.88 Å². The summed E-state index contributed by atoms with van der Waals surface area (Å²) >= 11 is 1.48. The topological polar surface area (TPSA) is 54.5 Å². The predicted molar refractivity (Wildman–Crippen MR) is 96.8 cm³/mol. The maximum atomic E-state index is 12.6. The molecule has 0 aliphatic carbocycles. The Kier molecular flexibility index (Phi) is 5.28. The lowest BCUT2D eigenvalue weighted by molar-refractivity contribution is 0.0341. The van der Waals surface area contributed by atoms with Crippen molar-refractivity contribution in [2.75, 3.05) is 31.6 Å². The molecule has 5 nitrogen and oxygen atoms in total. The third-order valence-corrected chi connectivity index (χ3v) is 5.42. The first kappa shape index (κ1) is 17.1. The highest BCUT2D eigenvalue weighted by Crippen LogP contribution is 2.22. The second-order valence-electron chi connectivity index (χ2n) is 6.16. The first-order chi connectivity index (χ1) is 11.5. The number of thiazole rings is 1. The van der Waals surface area contributed by atoms with Gasteiger partial charge in [-0.15, -0.1) is 11.3 Å². The molecule has 6 heteroatoms. The zero-order valence-corrected chi connectivity index (χ0v) is 15.2. The SMILES string of the molecule is Cc1ccc(NC(=O)c2sc(CN3CCOCC3)nc2C)cc1C. The van der Waals surface area contributed by atoms with Crippen molar-refractivity contribution in [2.24, 2.45) is 0 Å². The molecular weight excluding hydrogens is 322 g/mol. The van der Waals surface area contributed by atoms with E-state index in [2.05, 4.69) is 22.1 Å². The maximum absolute atomic E-state index is 12.6. The van der Waals surface area contributed by atoms with Gasteiger partial charge in [0.2, 0.25) is 0 Å². The number of anilines is 1. The normalized spacial score (nSPS) is 15.5. The summed E-state index contributed by atoms with van der Waals surface area (Å²) in [7, 11) is 0. The van der Waals surface area contributed by atoms with Gasteiger partial charge in [0.15, 0.2) is 0 Å². The van der Waals surface area contributed by atoms with E-state index in [4.69, 9.17) is 4.74 Å². The number of benzene rings is 1. The standard InChI is InChI=1S/C18H23N3O2S/c1-12-4-5-15(10-13(12)2)20-18(22)17-14(3)19-16(24-17)11-21-6-8-23-9-7-21/h4-5,10H,6-9,11H2,1-3H3,(H,20,22). The smallest absolute Gasteiger partial charge is 0.267 e. The van der Waals surface area contributed by atoms with Gasteiger partial charge in [-0.2, -0.15) is 0 Å². The molecule has 1 aliphatic rings. The second kappa shape index (κ2) is 7.42. The van der Waals surface area contributed by atoms with Gasteiger partial charge in [-0.1, -0.05) is 6.07 Å². The van der Waals surface area contributed by atoms with Crippen LogP contribution in [0.2, 0.25) is 0 Å². The number of rotatable bonds is 4. The quantitative estimate of drug-likeness (QED) is 0.925. The predicted octanol–water partition coefficient (Wildman–Crippen LogP) is 3.15. The summed E-state index contributed by atoms with van der Waals surface area (Å²) < 4.78 is 5.37. The van der Waals surface area contributed by atoms with Crippen LogP contribution in [0.4, 0.5) is 5.69 Å². The first-order valence-corrected chi connectivity index (χ1v) is 8.99. The number of hydrogen-bond donors (Lipinski definition) is 1. The zero-order chi connectivity index (χ0) is 17.1. The highest BCUT2D eigenvalue weighted by Gasteiger charge is 2.18. The Bertz CT molecular complexity index is 736. The Morgan fingerprint density at radius 3 is 2.71 bits per heavy atom. The van der Waals surface area contributed by atoms with E-state index in [-0.39, 0.29) is 5.91 Å². The third kappa shape index (κ3) is 4.01. The molecular formula is C18H23N3O2S. The van der Waals surface area contributed by atoms with Crippen LogP contribution in [-0.2, 0) is 11.3 Å². The molecule has 0 unspecified atom stereocenters. The minimum atomic E-state index is -0.0820. The lowest BCUT2D eigenvalue weighted by atomic mass is 10.1. The summed E-state index contributed by atoms with van der Waals surface area (Å²) in [6.45, 7) is 10.2. The molecule has 0 spiro atoms. The fourth-order valence-electron chi connectivity index (χ4n) is 2.69. The monoisotopic (exact) mass is 345 g/mol. The molecule has 0 bridgehead atoms. The summed E-state index contributed by atoms with van der Waals surface area (Å²) in [4.78, 5) is 20.1. The Hall–Kier alpha value is -1.76. The molecule has 2 aromatic rings. The number of aromatic nitrogens is 1. The van der Waals surface area contributed by atoms with Crippen LogP contribution < -0.4 is 5.32 Å². The van der Waals surface area contributed by atoms with Crippen molar-refractivity contribution in [3.8, 4) is 0 Å². The van der Waals surface area contributed by atoms with E-state index in [1.165, 1.54) is 22.5 Å². The van der Waals surface area contributed by atoms with Crippen molar-refractivity contribution in [3.05, 3.63) is 44.9 Å². The Morgan fingerprint density at radius 1 is 1.25 bits per heavy atom. The molecule has 24 heavy (non-hydrogen) atoms. The number of carbonyl (C=O) groups excluding carboxylic acids is 1. The average molecular weight is 345 g/mol. The van der Waals surface area contributed by atoms with Gasteiger partial charge < -0.3 is 10.1 Å². The van der Waals surface area contributed by atoms with Crippen molar-refractivity contribution >= 4 is 22.9 Å². The second-order valence-corrected chi connectivity index (χ2v) is 7.25. The minimum Gasteiger partial charge on any atom is -0.379 e. The molecule has 0 radical (unpaired) electrons. The highest BCUT2D eigenvalue weighted by molar-refractivity contribution is 7.13. The minimum absolute atomic E-state index is 0.0820. The van der Waals surface area contributed by atoms with Crippen LogP contribution in [0.1, 0.15) is 31.5 Å². The Morgan fingerprint density at radius 2 is 2.00 bits per heavy atom. The van der Waals surface area contributed by atoms with Crippen LogP contribution in [0.3, 0.4) is 0 Å². The van der Waals surface area contributed by atoms with Gasteiger partial charge >= 0.3 is 0 Å². The molecule has 0 saturated carbocycles. The zero-order valence-electron chi connectivity index (χ0n) is 14.4. The van der Waals surface area contributed by atoms with Crippen molar-refractivity contribution in [1.29, 1.82) is 0 Å². The molecule has 1 aromatic carbocycles. The van der Waals surface area contributed by atoms with Gasteiger partial charge in [-0.25, -0.2) is 4.98 Å². The van der Waals surface area contributed by atoms with E-state index in [1.807, 2.05) is 32.0 Å². The Balaban J connectivity index is 1.69. The van der Waals surface area contributed by atoms with Crippen molar-refractivity contribution < 1.29 is 9.53 Å².